The number of halogens is 2. The van der Waals surface area contributed by atoms with Gasteiger partial charge in [0.1, 0.15) is 11.6 Å². The first-order chi connectivity index (χ1) is 8.56. The molecule has 1 N–H and O–H groups in total. The number of carbonyl (C=O) groups is 1. The number of rotatable bonds is 3. The maximum absolute atomic E-state index is 13.6. The first-order valence-corrected chi connectivity index (χ1v) is 5.32. The number of hydrogen-bond donors (Lipinski definition) is 1. The molecule has 4 heteroatoms. The van der Waals surface area contributed by atoms with Crippen LogP contribution < -0.4 is 0 Å². The second-order valence-electron chi connectivity index (χ2n) is 3.90. The van der Waals surface area contributed by atoms with Crippen molar-refractivity contribution in [3.63, 3.8) is 0 Å². The summed E-state index contributed by atoms with van der Waals surface area (Å²) in [4.78, 5) is 10.6. The lowest BCUT2D eigenvalue weighted by molar-refractivity contribution is -0.136. The van der Waals surface area contributed by atoms with Gasteiger partial charge in [-0.2, -0.15) is 0 Å². The van der Waals surface area contributed by atoms with Gasteiger partial charge in [0.2, 0.25) is 0 Å². The summed E-state index contributed by atoms with van der Waals surface area (Å²) in [5.74, 6) is -2.10. The summed E-state index contributed by atoms with van der Waals surface area (Å²) in [6.07, 6.45) is -0.292. The van der Waals surface area contributed by atoms with Crippen LogP contribution in [0.1, 0.15) is 5.56 Å². The molecule has 2 nitrogen and oxygen atoms in total. The molecular weight excluding hydrogens is 238 g/mol. The highest BCUT2D eigenvalue weighted by Gasteiger charge is 2.09. The highest BCUT2D eigenvalue weighted by atomic mass is 19.1. The normalized spacial score (nSPS) is 10.3. The Morgan fingerprint density at radius 2 is 1.83 bits per heavy atom. The second kappa shape index (κ2) is 4.96. The highest BCUT2D eigenvalue weighted by molar-refractivity contribution is 5.72. The minimum atomic E-state index is -1.06. The quantitative estimate of drug-likeness (QED) is 0.905. The minimum absolute atomic E-state index is 0.253. The average molecular weight is 248 g/mol. The zero-order chi connectivity index (χ0) is 13.1. The minimum Gasteiger partial charge on any atom is -0.481 e. The van der Waals surface area contributed by atoms with Gasteiger partial charge in [-0.1, -0.05) is 24.3 Å². The zero-order valence-electron chi connectivity index (χ0n) is 9.36. The van der Waals surface area contributed by atoms with Gasteiger partial charge in [0, 0.05) is 5.56 Å². The smallest absolute Gasteiger partial charge is 0.307 e. The molecule has 0 heterocycles. The van der Waals surface area contributed by atoms with Gasteiger partial charge in [0.25, 0.3) is 0 Å². The molecule has 0 aliphatic carbocycles. The van der Waals surface area contributed by atoms with E-state index < -0.39 is 17.6 Å². The number of carboxylic acids is 1. The molecule has 0 aromatic heterocycles. The van der Waals surface area contributed by atoms with Crippen molar-refractivity contribution in [2.45, 2.75) is 6.42 Å². The SMILES string of the molecule is O=C(O)Cc1cc(F)cc(-c2ccccc2F)c1. The largest absolute Gasteiger partial charge is 0.481 e. The van der Waals surface area contributed by atoms with Crippen LogP contribution in [0.3, 0.4) is 0 Å². The fourth-order valence-electron chi connectivity index (χ4n) is 1.78. The summed E-state index contributed by atoms with van der Waals surface area (Å²) >= 11 is 0. The first kappa shape index (κ1) is 12.2. The third-order valence-corrected chi connectivity index (χ3v) is 2.50. The van der Waals surface area contributed by atoms with Crippen LogP contribution in [-0.4, -0.2) is 11.1 Å². The van der Waals surface area contributed by atoms with Crippen LogP contribution in [-0.2, 0) is 11.2 Å². The summed E-state index contributed by atoms with van der Waals surface area (Å²) in [5.41, 5.74) is 0.897. The van der Waals surface area contributed by atoms with Gasteiger partial charge < -0.3 is 5.11 Å². The van der Waals surface area contributed by atoms with Crippen LogP contribution in [0, 0.1) is 11.6 Å². The van der Waals surface area contributed by atoms with Gasteiger partial charge in [0.05, 0.1) is 6.42 Å². The third kappa shape index (κ3) is 2.71. The van der Waals surface area contributed by atoms with E-state index in [0.717, 1.165) is 6.07 Å². The molecule has 2 aromatic rings. The molecule has 0 bridgehead atoms. The molecule has 0 aliphatic rings. The standard InChI is InChI=1S/C14H10F2O2/c15-11-6-9(7-14(17)18)5-10(8-11)12-3-1-2-4-13(12)16/h1-6,8H,7H2,(H,17,18). The molecule has 0 saturated heterocycles. The maximum Gasteiger partial charge on any atom is 0.307 e. The van der Waals surface area contributed by atoms with Crippen molar-refractivity contribution < 1.29 is 18.7 Å². The fourth-order valence-corrected chi connectivity index (χ4v) is 1.78. The van der Waals surface area contributed by atoms with Gasteiger partial charge in [-0.05, 0) is 29.3 Å². The van der Waals surface area contributed by atoms with Crippen LogP contribution in [0.25, 0.3) is 11.1 Å². The van der Waals surface area contributed by atoms with Crippen molar-refractivity contribution >= 4 is 5.97 Å². The van der Waals surface area contributed by atoms with Crippen LogP contribution in [0.15, 0.2) is 42.5 Å². The van der Waals surface area contributed by atoms with E-state index in [2.05, 4.69) is 0 Å². The van der Waals surface area contributed by atoms with Crippen molar-refractivity contribution in [2.75, 3.05) is 0 Å². The van der Waals surface area contributed by atoms with E-state index in [1.54, 1.807) is 6.07 Å². The molecule has 0 saturated carbocycles. The molecule has 0 radical (unpaired) electrons. The molecule has 0 atom stereocenters. The maximum atomic E-state index is 13.6. The van der Waals surface area contributed by atoms with Gasteiger partial charge >= 0.3 is 5.97 Å². The summed E-state index contributed by atoms with van der Waals surface area (Å²) < 4.78 is 26.9. The Bertz CT molecular complexity index is 594. The Kier molecular flexibility index (Phi) is 3.37. The molecule has 0 aliphatic heterocycles. The zero-order valence-corrected chi connectivity index (χ0v) is 9.36. The molecule has 92 valence electrons. The summed E-state index contributed by atoms with van der Waals surface area (Å²) in [6, 6.07) is 9.78. The average Bonchev–Trinajstić information content (AvgIpc) is 2.27. The molecule has 0 fully saturated rings. The van der Waals surface area contributed by atoms with Gasteiger partial charge in [-0.15, -0.1) is 0 Å². The van der Waals surface area contributed by atoms with E-state index in [-0.39, 0.29) is 12.0 Å². The van der Waals surface area contributed by atoms with Crippen molar-refractivity contribution in [3.8, 4) is 11.1 Å². The van der Waals surface area contributed by atoms with Gasteiger partial charge in [-0.25, -0.2) is 8.78 Å². The lowest BCUT2D eigenvalue weighted by Gasteiger charge is -2.06. The Hall–Kier alpha value is -2.23. The van der Waals surface area contributed by atoms with E-state index in [0.29, 0.717) is 11.1 Å². The Balaban J connectivity index is 2.48. The summed E-state index contributed by atoms with van der Waals surface area (Å²) in [6.45, 7) is 0. The Labute approximate surface area is 103 Å². The van der Waals surface area contributed by atoms with Crippen molar-refractivity contribution in [3.05, 3.63) is 59.7 Å². The van der Waals surface area contributed by atoms with Gasteiger partial charge in [-0.3, -0.25) is 4.79 Å². The molecule has 0 amide bonds. The molecule has 0 spiro atoms. The molecule has 18 heavy (non-hydrogen) atoms. The van der Waals surface area contributed by atoms with Crippen LogP contribution >= 0.6 is 0 Å². The van der Waals surface area contributed by atoms with Gasteiger partial charge in [0.15, 0.2) is 0 Å². The van der Waals surface area contributed by atoms with E-state index >= 15 is 0 Å². The lowest BCUT2D eigenvalue weighted by Crippen LogP contribution is -2.01. The van der Waals surface area contributed by atoms with Crippen LogP contribution in [0.5, 0.6) is 0 Å². The van der Waals surface area contributed by atoms with E-state index in [1.807, 2.05) is 0 Å². The molecular formula is C14H10F2O2. The molecule has 2 aromatic carbocycles. The first-order valence-electron chi connectivity index (χ1n) is 5.32. The van der Waals surface area contributed by atoms with E-state index in [9.17, 15) is 13.6 Å². The van der Waals surface area contributed by atoms with Crippen molar-refractivity contribution in [1.82, 2.24) is 0 Å². The van der Waals surface area contributed by atoms with E-state index in [4.69, 9.17) is 5.11 Å². The summed E-state index contributed by atoms with van der Waals surface area (Å²) in [5, 5.41) is 8.68. The second-order valence-corrected chi connectivity index (χ2v) is 3.90. The lowest BCUT2D eigenvalue weighted by atomic mass is 10.0. The predicted molar refractivity (Wildman–Crippen MR) is 63.1 cm³/mol. The number of hydrogen-bond acceptors (Lipinski definition) is 1. The van der Waals surface area contributed by atoms with E-state index in [1.165, 1.54) is 30.3 Å². The summed E-state index contributed by atoms with van der Waals surface area (Å²) in [7, 11) is 0. The predicted octanol–water partition coefficient (Wildman–Crippen LogP) is 3.26. The van der Waals surface area contributed by atoms with Crippen LogP contribution in [0.2, 0.25) is 0 Å². The number of aliphatic carboxylic acids is 1. The Morgan fingerprint density at radius 3 is 2.50 bits per heavy atom. The van der Waals surface area contributed by atoms with Crippen LogP contribution in [0.4, 0.5) is 8.78 Å². The van der Waals surface area contributed by atoms with Crippen molar-refractivity contribution in [1.29, 1.82) is 0 Å². The third-order valence-electron chi connectivity index (χ3n) is 2.50. The number of carboxylic acid groups (broad SMARTS) is 1. The molecule has 2 rings (SSSR count). The van der Waals surface area contributed by atoms with Crippen molar-refractivity contribution in [2.24, 2.45) is 0 Å². The number of benzene rings is 2. The monoisotopic (exact) mass is 248 g/mol. The Morgan fingerprint density at radius 1 is 1.11 bits per heavy atom. The highest BCUT2D eigenvalue weighted by Crippen LogP contribution is 2.24. The fraction of sp³-hybridized carbons (Fsp3) is 0.0714. The molecule has 0 unspecified atom stereocenters. The topological polar surface area (TPSA) is 37.3 Å².